The number of hydrogen-bond donors (Lipinski definition) is 2. The largest absolute Gasteiger partial charge is 0.399 e. The van der Waals surface area contributed by atoms with Crippen LogP contribution >= 0.6 is 0 Å². The Hall–Kier alpha value is -2.10. The summed E-state index contributed by atoms with van der Waals surface area (Å²) in [5.74, 6) is -0.784. The first-order valence-electron chi connectivity index (χ1n) is 4.72. The molecule has 2 aromatic rings. The molecule has 2 rings (SSSR count). The van der Waals surface area contributed by atoms with E-state index in [0.717, 1.165) is 0 Å². The van der Waals surface area contributed by atoms with Crippen molar-refractivity contribution in [3.05, 3.63) is 54.1 Å². The van der Waals surface area contributed by atoms with Gasteiger partial charge in [0.15, 0.2) is 0 Å². The van der Waals surface area contributed by atoms with Crippen LogP contribution < -0.4 is 11.1 Å². The van der Waals surface area contributed by atoms with E-state index in [-0.39, 0.29) is 5.82 Å². The summed E-state index contributed by atoms with van der Waals surface area (Å²) >= 11 is 0. The molecular weight excluding hydrogens is 210 g/mol. The zero-order valence-corrected chi connectivity index (χ0v) is 8.37. The van der Waals surface area contributed by atoms with E-state index < -0.39 is 5.82 Å². The standard InChI is InChI=1S/C12H10F2N2/c13-8-2-1-3-11(5-8)16-12-6-9(14)4-10(15)7-12/h1-7,16H,15H2. The van der Waals surface area contributed by atoms with Gasteiger partial charge in [-0.2, -0.15) is 0 Å². The highest BCUT2D eigenvalue weighted by Crippen LogP contribution is 2.20. The van der Waals surface area contributed by atoms with Crippen LogP contribution in [0.4, 0.5) is 25.8 Å². The summed E-state index contributed by atoms with van der Waals surface area (Å²) in [4.78, 5) is 0. The van der Waals surface area contributed by atoms with Gasteiger partial charge >= 0.3 is 0 Å². The SMILES string of the molecule is Nc1cc(F)cc(Nc2cccc(F)c2)c1. The van der Waals surface area contributed by atoms with E-state index in [9.17, 15) is 8.78 Å². The number of nitrogens with two attached hydrogens (primary N) is 1. The van der Waals surface area contributed by atoms with Crippen LogP contribution in [0, 0.1) is 11.6 Å². The molecule has 0 spiro atoms. The van der Waals surface area contributed by atoms with E-state index in [1.807, 2.05) is 0 Å². The molecule has 0 aliphatic heterocycles. The fourth-order valence-electron chi connectivity index (χ4n) is 1.42. The third-order valence-electron chi connectivity index (χ3n) is 2.03. The first-order valence-corrected chi connectivity index (χ1v) is 4.72. The van der Waals surface area contributed by atoms with Crippen molar-refractivity contribution >= 4 is 17.1 Å². The van der Waals surface area contributed by atoms with Crippen LogP contribution in [0.25, 0.3) is 0 Å². The monoisotopic (exact) mass is 220 g/mol. The Labute approximate surface area is 91.7 Å². The molecule has 0 aliphatic rings. The van der Waals surface area contributed by atoms with Crippen LogP contribution in [-0.2, 0) is 0 Å². The number of nitrogen functional groups attached to an aromatic ring is 1. The Morgan fingerprint density at radius 1 is 0.875 bits per heavy atom. The van der Waals surface area contributed by atoms with Gasteiger partial charge in [-0.25, -0.2) is 8.78 Å². The molecule has 3 N–H and O–H groups in total. The molecular formula is C12H10F2N2. The minimum Gasteiger partial charge on any atom is -0.399 e. The molecule has 0 radical (unpaired) electrons. The summed E-state index contributed by atoms with van der Waals surface area (Å²) in [5, 5.41) is 2.87. The summed E-state index contributed by atoms with van der Waals surface area (Å²) in [6.45, 7) is 0. The molecule has 0 atom stereocenters. The van der Waals surface area contributed by atoms with E-state index in [0.29, 0.717) is 17.1 Å². The quantitative estimate of drug-likeness (QED) is 0.762. The minimum absolute atomic E-state index is 0.318. The minimum atomic E-state index is -0.432. The molecule has 82 valence electrons. The molecule has 2 nitrogen and oxygen atoms in total. The van der Waals surface area contributed by atoms with Gasteiger partial charge in [0.2, 0.25) is 0 Å². The van der Waals surface area contributed by atoms with Gasteiger partial charge in [0.1, 0.15) is 11.6 Å². The molecule has 0 unspecified atom stereocenters. The fourth-order valence-corrected chi connectivity index (χ4v) is 1.42. The molecule has 0 saturated carbocycles. The lowest BCUT2D eigenvalue weighted by Crippen LogP contribution is -1.94. The topological polar surface area (TPSA) is 38.0 Å². The zero-order chi connectivity index (χ0) is 11.5. The van der Waals surface area contributed by atoms with Crippen molar-refractivity contribution in [3.8, 4) is 0 Å². The summed E-state index contributed by atoms with van der Waals surface area (Å²) in [6.07, 6.45) is 0. The Morgan fingerprint density at radius 2 is 1.62 bits per heavy atom. The summed E-state index contributed by atoms with van der Waals surface area (Å²) in [7, 11) is 0. The van der Waals surface area contributed by atoms with E-state index in [1.54, 1.807) is 18.2 Å². The van der Waals surface area contributed by atoms with Gasteiger partial charge in [-0.3, -0.25) is 0 Å². The summed E-state index contributed by atoms with van der Waals surface area (Å²) in [5.41, 5.74) is 6.84. The average Bonchev–Trinajstić information content (AvgIpc) is 2.15. The Balaban J connectivity index is 2.27. The van der Waals surface area contributed by atoms with Crippen LogP contribution in [0.2, 0.25) is 0 Å². The van der Waals surface area contributed by atoms with Crippen molar-refractivity contribution in [2.24, 2.45) is 0 Å². The highest BCUT2D eigenvalue weighted by atomic mass is 19.1. The zero-order valence-electron chi connectivity index (χ0n) is 8.37. The smallest absolute Gasteiger partial charge is 0.127 e. The highest BCUT2D eigenvalue weighted by Gasteiger charge is 2.00. The van der Waals surface area contributed by atoms with Crippen molar-refractivity contribution in [2.75, 3.05) is 11.1 Å². The van der Waals surface area contributed by atoms with Crippen molar-refractivity contribution in [3.63, 3.8) is 0 Å². The molecule has 2 aromatic carbocycles. The van der Waals surface area contributed by atoms with Crippen molar-refractivity contribution in [1.82, 2.24) is 0 Å². The van der Waals surface area contributed by atoms with E-state index in [2.05, 4.69) is 5.32 Å². The molecule has 0 amide bonds. The van der Waals surface area contributed by atoms with Crippen LogP contribution in [0.5, 0.6) is 0 Å². The van der Waals surface area contributed by atoms with Gasteiger partial charge in [0.05, 0.1) is 0 Å². The lowest BCUT2D eigenvalue weighted by atomic mass is 10.2. The number of nitrogens with one attached hydrogen (secondary N) is 1. The lowest BCUT2D eigenvalue weighted by Gasteiger charge is -2.07. The molecule has 0 aromatic heterocycles. The third-order valence-corrected chi connectivity index (χ3v) is 2.03. The normalized spacial score (nSPS) is 10.1. The second-order valence-corrected chi connectivity index (χ2v) is 3.41. The number of rotatable bonds is 2. The average molecular weight is 220 g/mol. The molecule has 0 saturated heterocycles. The lowest BCUT2D eigenvalue weighted by molar-refractivity contribution is 0.628. The summed E-state index contributed by atoms with van der Waals surface area (Å²) in [6, 6.07) is 10.0. The van der Waals surface area contributed by atoms with Crippen LogP contribution in [0.15, 0.2) is 42.5 Å². The Morgan fingerprint density at radius 3 is 2.31 bits per heavy atom. The number of benzene rings is 2. The van der Waals surface area contributed by atoms with Gasteiger partial charge in [0, 0.05) is 17.1 Å². The first-order chi connectivity index (χ1) is 7.63. The fraction of sp³-hybridized carbons (Fsp3) is 0. The maximum Gasteiger partial charge on any atom is 0.127 e. The predicted octanol–water partition coefficient (Wildman–Crippen LogP) is 3.29. The van der Waals surface area contributed by atoms with Crippen molar-refractivity contribution in [2.45, 2.75) is 0 Å². The predicted molar refractivity (Wildman–Crippen MR) is 60.5 cm³/mol. The van der Waals surface area contributed by atoms with Crippen LogP contribution in [-0.4, -0.2) is 0 Å². The number of hydrogen-bond acceptors (Lipinski definition) is 2. The van der Waals surface area contributed by atoms with E-state index in [1.165, 1.54) is 24.3 Å². The van der Waals surface area contributed by atoms with Gasteiger partial charge < -0.3 is 11.1 Å². The first kappa shape index (κ1) is 10.4. The molecule has 16 heavy (non-hydrogen) atoms. The van der Waals surface area contributed by atoms with Gasteiger partial charge in [0.25, 0.3) is 0 Å². The second kappa shape index (κ2) is 4.18. The molecule has 4 heteroatoms. The Bertz CT molecular complexity index is 492. The highest BCUT2D eigenvalue weighted by molar-refractivity contribution is 5.63. The number of anilines is 3. The van der Waals surface area contributed by atoms with E-state index >= 15 is 0 Å². The second-order valence-electron chi connectivity index (χ2n) is 3.41. The van der Waals surface area contributed by atoms with Gasteiger partial charge in [-0.15, -0.1) is 0 Å². The third kappa shape index (κ3) is 2.48. The van der Waals surface area contributed by atoms with Gasteiger partial charge in [-0.1, -0.05) is 6.07 Å². The molecule has 0 heterocycles. The molecule has 0 fully saturated rings. The summed E-state index contributed by atoms with van der Waals surface area (Å²) < 4.78 is 25.9. The molecule has 0 bridgehead atoms. The number of halogens is 2. The van der Waals surface area contributed by atoms with Crippen LogP contribution in [0.3, 0.4) is 0 Å². The van der Waals surface area contributed by atoms with Crippen molar-refractivity contribution < 1.29 is 8.78 Å². The van der Waals surface area contributed by atoms with Crippen molar-refractivity contribution in [1.29, 1.82) is 0 Å². The van der Waals surface area contributed by atoms with Crippen LogP contribution in [0.1, 0.15) is 0 Å². The Kier molecular flexibility index (Phi) is 2.72. The maximum atomic E-state index is 13.0. The van der Waals surface area contributed by atoms with Gasteiger partial charge in [-0.05, 0) is 36.4 Å². The van der Waals surface area contributed by atoms with E-state index in [4.69, 9.17) is 5.73 Å². The maximum absolute atomic E-state index is 13.0. The molecule has 0 aliphatic carbocycles.